The van der Waals surface area contributed by atoms with Gasteiger partial charge in [0.1, 0.15) is 0 Å². The smallest absolute Gasteiger partial charge is 0.475 e. The summed E-state index contributed by atoms with van der Waals surface area (Å²) in [4.78, 5) is 37.2. The van der Waals surface area contributed by atoms with Crippen molar-refractivity contribution in [1.29, 1.82) is 0 Å². The van der Waals surface area contributed by atoms with Gasteiger partial charge in [0.05, 0.1) is 24.0 Å². The lowest BCUT2D eigenvalue weighted by Gasteiger charge is -2.46. The minimum Gasteiger partial charge on any atom is -0.475 e. The van der Waals surface area contributed by atoms with E-state index in [1.807, 2.05) is 18.1 Å². The van der Waals surface area contributed by atoms with E-state index in [4.69, 9.17) is 24.5 Å². The van der Waals surface area contributed by atoms with Crippen molar-refractivity contribution in [2.24, 2.45) is 13.0 Å². The van der Waals surface area contributed by atoms with Crippen molar-refractivity contribution in [2.75, 3.05) is 57.9 Å². The number of rotatable bonds is 3. The Labute approximate surface area is 219 Å². The lowest BCUT2D eigenvalue weighted by atomic mass is 9.92. The van der Waals surface area contributed by atoms with E-state index in [0.29, 0.717) is 6.54 Å². The zero-order chi connectivity index (χ0) is 29.6. The van der Waals surface area contributed by atoms with Gasteiger partial charge < -0.3 is 24.7 Å². The average Bonchev–Trinajstić information content (AvgIpc) is 3.43. The molecule has 1 atom stereocenters. The monoisotopic (exact) mass is 575 g/mol. The molecule has 17 heteroatoms. The molecule has 1 aromatic rings. The van der Waals surface area contributed by atoms with E-state index in [1.165, 1.54) is 19.4 Å². The maximum atomic E-state index is 12.6. The highest BCUT2D eigenvalue weighted by atomic mass is 19.4. The van der Waals surface area contributed by atoms with Crippen LogP contribution in [0.4, 0.5) is 32.0 Å². The molecule has 39 heavy (non-hydrogen) atoms. The van der Waals surface area contributed by atoms with Crippen LogP contribution in [0.15, 0.2) is 12.4 Å². The number of aryl methyl sites for hydroxylation is 1. The highest BCUT2D eigenvalue weighted by molar-refractivity contribution is 5.95. The van der Waals surface area contributed by atoms with Crippen molar-refractivity contribution in [3.63, 3.8) is 0 Å². The number of anilines is 1. The van der Waals surface area contributed by atoms with Gasteiger partial charge in [0.15, 0.2) is 0 Å². The van der Waals surface area contributed by atoms with Gasteiger partial charge in [0.2, 0.25) is 5.91 Å². The number of halogens is 6. The molecule has 3 aliphatic heterocycles. The average molecular weight is 576 g/mol. The second-order valence-corrected chi connectivity index (χ2v) is 9.58. The standard InChI is InChI=1S/C18H29N5O2.2C2HF3O2/c1-20-12-17(24)23(16-9-19-21(2)11-16)14-18(20)5-6-22(13-18)10-15-3-7-25-8-4-15;2*3-2(4,5)1(6)7/h9,11,15H,3-8,10,12-14H2,1-2H3;2*(H,6,7). The molecule has 11 nitrogen and oxygen atoms in total. The highest BCUT2D eigenvalue weighted by Crippen LogP contribution is 2.34. The van der Waals surface area contributed by atoms with Crippen LogP contribution in [-0.4, -0.2) is 119 Å². The molecular weight excluding hydrogens is 544 g/mol. The maximum Gasteiger partial charge on any atom is 0.490 e. The number of likely N-dealkylation sites (N-methyl/N-ethyl adjacent to an activating group) is 1. The molecule has 3 aliphatic rings. The quantitative estimate of drug-likeness (QED) is 0.519. The van der Waals surface area contributed by atoms with Crippen molar-refractivity contribution in [3.05, 3.63) is 12.4 Å². The molecule has 0 saturated carbocycles. The SMILES string of the molecule is CN1CC(=O)N(c2cnn(C)c2)CC12CCN(CC1CCOCC1)C2.O=C(O)C(F)(F)F.O=C(O)C(F)(F)F. The van der Waals surface area contributed by atoms with Crippen LogP contribution in [-0.2, 0) is 26.2 Å². The predicted molar refractivity (Wildman–Crippen MR) is 123 cm³/mol. The number of carbonyl (C=O) groups excluding carboxylic acids is 1. The zero-order valence-corrected chi connectivity index (χ0v) is 21.3. The lowest BCUT2D eigenvalue weighted by molar-refractivity contribution is -0.193. The first kappa shape index (κ1) is 32.3. The van der Waals surface area contributed by atoms with Crippen molar-refractivity contribution in [2.45, 2.75) is 37.2 Å². The van der Waals surface area contributed by atoms with Crippen molar-refractivity contribution in [3.8, 4) is 0 Å². The van der Waals surface area contributed by atoms with E-state index in [9.17, 15) is 31.1 Å². The van der Waals surface area contributed by atoms with Crippen LogP contribution < -0.4 is 4.90 Å². The third-order valence-corrected chi connectivity index (χ3v) is 6.69. The minimum absolute atomic E-state index is 0.0644. The Morgan fingerprint density at radius 2 is 1.59 bits per heavy atom. The van der Waals surface area contributed by atoms with E-state index in [2.05, 4.69) is 21.9 Å². The second kappa shape index (κ2) is 13.0. The maximum absolute atomic E-state index is 12.6. The number of hydrogen-bond donors (Lipinski definition) is 2. The van der Waals surface area contributed by atoms with Crippen LogP contribution in [0.3, 0.4) is 0 Å². The summed E-state index contributed by atoms with van der Waals surface area (Å²) in [6.07, 6.45) is -2.95. The fourth-order valence-electron chi connectivity index (χ4n) is 4.57. The number of likely N-dealkylation sites (tertiary alicyclic amines) is 1. The molecular formula is C22H31F6N5O6. The Morgan fingerprint density at radius 3 is 2.05 bits per heavy atom. The van der Waals surface area contributed by atoms with Gasteiger partial charge in [-0.05, 0) is 32.2 Å². The number of ether oxygens (including phenoxy) is 1. The minimum atomic E-state index is -5.08. The van der Waals surface area contributed by atoms with Crippen molar-refractivity contribution in [1.82, 2.24) is 19.6 Å². The largest absolute Gasteiger partial charge is 0.490 e. The van der Waals surface area contributed by atoms with Gasteiger partial charge in [-0.15, -0.1) is 0 Å². The number of alkyl halides is 6. The van der Waals surface area contributed by atoms with Gasteiger partial charge in [-0.25, -0.2) is 9.59 Å². The Kier molecular flexibility index (Phi) is 10.7. The number of nitrogens with zero attached hydrogens (tertiary/aromatic N) is 5. The summed E-state index contributed by atoms with van der Waals surface area (Å²) in [6.45, 7) is 6.40. The molecule has 2 N–H and O–H groups in total. The summed E-state index contributed by atoms with van der Waals surface area (Å²) in [5, 5.41) is 18.5. The first-order valence-corrected chi connectivity index (χ1v) is 11.8. The number of hydrogen-bond acceptors (Lipinski definition) is 7. The van der Waals surface area contributed by atoms with Gasteiger partial charge in [0, 0.05) is 52.6 Å². The molecule has 0 radical (unpaired) electrons. The summed E-state index contributed by atoms with van der Waals surface area (Å²) < 4.78 is 70.7. The summed E-state index contributed by atoms with van der Waals surface area (Å²) in [5.41, 5.74) is 0.984. The Hall–Kier alpha value is -2.92. The van der Waals surface area contributed by atoms with Crippen LogP contribution in [0.1, 0.15) is 19.3 Å². The zero-order valence-electron chi connectivity index (χ0n) is 21.3. The van der Waals surface area contributed by atoms with E-state index in [1.54, 1.807) is 10.9 Å². The Balaban J connectivity index is 0.000000317. The van der Waals surface area contributed by atoms with Crippen LogP contribution in [0.5, 0.6) is 0 Å². The van der Waals surface area contributed by atoms with Crippen molar-refractivity contribution >= 4 is 23.5 Å². The van der Waals surface area contributed by atoms with Crippen LogP contribution >= 0.6 is 0 Å². The summed E-state index contributed by atoms with van der Waals surface area (Å²) in [7, 11) is 4.00. The van der Waals surface area contributed by atoms with Gasteiger partial charge in [-0.1, -0.05) is 0 Å². The van der Waals surface area contributed by atoms with Gasteiger partial charge >= 0.3 is 24.3 Å². The number of piperazine rings is 1. The summed E-state index contributed by atoms with van der Waals surface area (Å²) >= 11 is 0. The van der Waals surface area contributed by atoms with Crippen LogP contribution in [0, 0.1) is 5.92 Å². The fraction of sp³-hybridized carbons (Fsp3) is 0.727. The van der Waals surface area contributed by atoms with E-state index in [-0.39, 0.29) is 11.4 Å². The van der Waals surface area contributed by atoms with Gasteiger partial charge in [-0.2, -0.15) is 31.4 Å². The molecule has 4 rings (SSSR count). The molecule has 3 saturated heterocycles. The topological polar surface area (TPSA) is 128 Å². The molecule has 4 heterocycles. The van der Waals surface area contributed by atoms with Gasteiger partial charge in [0.25, 0.3) is 0 Å². The van der Waals surface area contributed by atoms with E-state index < -0.39 is 24.3 Å². The molecule has 0 aliphatic carbocycles. The lowest BCUT2D eigenvalue weighted by Crippen LogP contribution is -2.64. The van der Waals surface area contributed by atoms with Gasteiger partial charge in [-0.3, -0.25) is 14.4 Å². The second-order valence-electron chi connectivity index (χ2n) is 9.58. The van der Waals surface area contributed by atoms with Crippen LogP contribution in [0.25, 0.3) is 0 Å². The fourth-order valence-corrected chi connectivity index (χ4v) is 4.57. The Morgan fingerprint density at radius 1 is 1.05 bits per heavy atom. The highest BCUT2D eigenvalue weighted by Gasteiger charge is 2.48. The summed E-state index contributed by atoms with van der Waals surface area (Å²) in [6, 6.07) is 0. The summed E-state index contributed by atoms with van der Waals surface area (Å²) in [5.74, 6) is -4.59. The molecule has 1 unspecified atom stereocenters. The molecule has 0 bridgehead atoms. The number of carboxylic acid groups (broad SMARTS) is 2. The predicted octanol–water partition coefficient (Wildman–Crippen LogP) is 1.84. The number of amides is 1. The Bertz CT molecular complexity index is 973. The molecule has 0 aromatic carbocycles. The number of carbonyl (C=O) groups is 3. The third kappa shape index (κ3) is 9.35. The van der Waals surface area contributed by atoms with E-state index in [0.717, 1.165) is 50.9 Å². The van der Waals surface area contributed by atoms with E-state index >= 15 is 0 Å². The number of aromatic nitrogens is 2. The number of carboxylic acids is 2. The third-order valence-electron chi connectivity index (χ3n) is 6.69. The number of aliphatic carboxylic acids is 2. The molecule has 222 valence electrons. The molecule has 3 fully saturated rings. The van der Waals surface area contributed by atoms with Crippen LogP contribution in [0.2, 0.25) is 0 Å². The molecule has 1 amide bonds. The van der Waals surface area contributed by atoms with Crippen molar-refractivity contribution < 1.29 is 55.7 Å². The normalized spacial score (nSPS) is 23.2. The molecule has 1 spiro atoms. The first-order valence-electron chi connectivity index (χ1n) is 11.8. The first-order chi connectivity index (χ1) is 17.9. The molecule has 1 aromatic heterocycles.